The molecule has 0 aromatic heterocycles. The Morgan fingerprint density at radius 1 is 1.22 bits per heavy atom. The van der Waals surface area contributed by atoms with Gasteiger partial charge < -0.3 is 5.32 Å². The van der Waals surface area contributed by atoms with Crippen LogP contribution >= 0.6 is 15.9 Å². The van der Waals surface area contributed by atoms with Crippen molar-refractivity contribution in [2.75, 3.05) is 5.32 Å². The van der Waals surface area contributed by atoms with Gasteiger partial charge in [0.05, 0.1) is 0 Å². The minimum Gasteiger partial charge on any atom is -0.326 e. The van der Waals surface area contributed by atoms with Crippen LogP contribution in [0, 0.1) is 18.8 Å². The molecule has 1 aliphatic carbocycles. The van der Waals surface area contributed by atoms with E-state index < -0.39 is 0 Å². The van der Waals surface area contributed by atoms with E-state index in [4.69, 9.17) is 0 Å². The third-order valence-electron chi connectivity index (χ3n) is 3.70. The van der Waals surface area contributed by atoms with Crippen molar-refractivity contribution in [3.8, 4) is 0 Å². The molecule has 1 aromatic rings. The smallest absolute Gasteiger partial charge is 0.227 e. The van der Waals surface area contributed by atoms with Crippen molar-refractivity contribution < 1.29 is 4.79 Å². The molecule has 2 rings (SSSR count). The number of aryl methyl sites for hydroxylation is 1. The zero-order valence-corrected chi connectivity index (χ0v) is 12.6. The van der Waals surface area contributed by atoms with Gasteiger partial charge in [-0.25, -0.2) is 0 Å². The highest BCUT2D eigenvalue weighted by atomic mass is 79.9. The Morgan fingerprint density at radius 2 is 1.89 bits per heavy atom. The summed E-state index contributed by atoms with van der Waals surface area (Å²) in [6.45, 7) is 4.30. The highest BCUT2D eigenvalue weighted by molar-refractivity contribution is 9.10. The van der Waals surface area contributed by atoms with Crippen molar-refractivity contribution in [1.82, 2.24) is 0 Å². The Hall–Kier alpha value is -0.830. The lowest BCUT2D eigenvalue weighted by atomic mass is 9.82. The second-order valence-electron chi connectivity index (χ2n) is 5.46. The van der Waals surface area contributed by atoms with Gasteiger partial charge in [-0.15, -0.1) is 0 Å². The van der Waals surface area contributed by atoms with Crippen molar-refractivity contribution in [2.24, 2.45) is 11.8 Å². The maximum absolute atomic E-state index is 12.2. The third-order valence-corrected chi connectivity index (χ3v) is 4.15. The van der Waals surface area contributed by atoms with Crippen LogP contribution in [0.3, 0.4) is 0 Å². The Kier molecular flexibility index (Phi) is 4.44. The fourth-order valence-corrected chi connectivity index (χ4v) is 3.18. The predicted octanol–water partition coefficient (Wildman–Crippen LogP) is 4.52. The average Bonchev–Trinajstić information content (AvgIpc) is 2.28. The molecule has 18 heavy (non-hydrogen) atoms. The lowest BCUT2D eigenvalue weighted by Gasteiger charge is -2.25. The molecule has 1 fully saturated rings. The number of amides is 1. The number of nitrogens with one attached hydrogen (secondary N) is 1. The molecule has 2 nitrogen and oxygen atoms in total. The first-order valence-corrected chi connectivity index (χ1v) is 7.42. The van der Waals surface area contributed by atoms with Gasteiger partial charge in [0, 0.05) is 16.1 Å². The van der Waals surface area contributed by atoms with Crippen molar-refractivity contribution in [3.05, 3.63) is 28.2 Å². The van der Waals surface area contributed by atoms with Gasteiger partial charge in [0.1, 0.15) is 0 Å². The summed E-state index contributed by atoms with van der Waals surface area (Å²) in [4.78, 5) is 12.2. The summed E-state index contributed by atoms with van der Waals surface area (Å²) >= 11 is 3.46. The van der Waals surface area contributed by atoms with Crippen LogP contribution in [0.5, 0.6) is 0 Å². The molecule has 0 atom stereocenters. The highest BCUT2D eigenvalue weighted by Crippen LogP contribution is 2.29. The summed E-state index contributed by atoms with van der Waals surface area (Å²) < 4.78 is 1.01. The van der Waals surface area contributed by atoms with E-state index in [2.05, 4.69) is 28.2 Å². The molecular weight excluding hydrogens is 290 g/mol. The van der Waals surface area contributed by atoms with Crippen LogP contribution in [-0.4, -0.2) is 5.91 Å². The van der Waals surface area contributed by atoms with Crippen LogP contribution in [0.2, 0.25) is 0 Å². The number of rotatable bonds is 2. The van der Waals surface area contributed by atoms with Crippen LogP contribution in [-0.2, 0) is 4.79 Å². The van der Waals surface area contributed by atoms with Gasteiger partial charge in [-0.1, -0.05) is 22.9 Å². The summed E-state index contributed by atoms with van der Waals surface area (Å²) in [5, 5.41) is 3.04. The summed E-state index contributed by atoms with van der Waals surface area (Å²) in [7, 11) is 0. The van der Waals surface area contributed by atoms with E-state index in [0.717, 1.165) is 34.5 Å². The molecule has 0 unspecified atom stereocenters. The fraction of sp³-hybridized carbons (Fsp3) is 0.533. The lowest BCUT2D eigenvalue weighted by Crippen LogP contribution is -2.26. The van der Waals surface area contributed by atoms with Crippen molar-refractivity contribution in [2.45, 2.75) is 39.5 Å². The molecule has 98 valence electrons. The average molecular weight is 310 g/mol. The van der Waals surface area contributed by atoms with E-state index in [9.17, 15) is 4.79 Å². The molecule has 0 aliphatic heterocycles. The Bertz CT molecular complexity index is 416. The van der Waals surface area contributed by atoms with Gasteiger partial charge in [-0.3, -0.25) is 4.79 Å². The first kappa shape index (κ1) is 13.6. The SMILES string of the molecule is Cc1cc(Br)cc(NC(=O)C2CCC(C)CC2)c1. The number of halogens is 1. The Labute approximate surface area is 117 Å². The maximum Gasteiger partial charge on any atom is 0.227 e. The van der Waals surface area contributed by atoms with E-state index in [1.54, 1.807) is 0 Å². The summed E-state index contributed by atoms with van der Waals surface area (Å²) in [5.41, 5.74) is 2.04. The predicted molar refractivity (Wildman–Crippen MR) is 78.6 cm³/mol. The molecule has 1 aromatic carbocycles. The molecule has 1 aliphatic rings. The van der Waals surface area contributed by atoms with Crippen molar-refractivity contribution in [3.63, 3.8) is 0 Å². The zero-order valence-electron chi connectivity index (χ0n) is 11.0. The van der Waals surface area contributed by atoms with E-state index in [0.29, 0.717) is 0 Å². The molecule has 1 saturated carbocycles. The second kappa shape index (κ2) is 5.87. The van der Waals surface area contributed by atoms with Gasteiger partial charge in [-0.2, -0.15) is 0 Å². The molecule has 0 heterocycles. The highest BCUT2D eigenvalue weighted by Gasteiger charge is 2.24. The number of anilines is 1. The minimum absolute atomic E-state index is 0.180. The van der Waals surface area contributed by atoms with Crippen LogP contribution in [0.25, 0.3) is 0 Å². The van der Waals surface area contributed by atoms with Crippen LogP contribution in [0.4, 0.5) is 5.69 Å². The van der Waals surface area contributed by atoms with Crippen LogP contribution in [0.15, 0.2) is 22.7 Å². The van der Waals surface area contributed by atoms with E-state index in [-0.39, 0.29) is 11.8 Å². The summed E-state index contributed by atoms with van der Waals surface area (Å²) in [6, 6.07) is 6.00. The minimum atomic E-state index is 0.180. The second-order valence-corrected chi connectivity index (χ2v) is 6.38. The quantitative estimate of drug-likeness (QED) is 0.855. The number of hydrogen-bond acceptors (Lipinski definition) is 1. The van der Waals surface area contributed by atoms with Gasteiger partial charge >= 0.3 is 0 Å². The molecule has 0 spiro atoms. The van der Waals surface area contributed by atoms with Crippen molar-refractivity contribution in [1.29, 1.82) is 0 Å². The lowest BCUT2D eigenvalue weighted by molar-refractivity contribution is -0.121. The topological polar surface area (TPSA) is 29.1 Å². The number of benzene rings is 1. The Balaban J connectivity index is 1.98. The Morgan fingerprint density at radius 3 is 2.50 bits per heavy atom. The van der Waals surface area contributed by atoms with Crippen LogP contribution < -0.4 is 5.32 Å². The van der Waals surface area contributed by atoms with E-state index in [1.807, 2.05) is 25.1 Å². The van der Waals surface area contributed by atoms with Gasteiger partial charge in [0.2, 0.25) is 5.91 Å². The molecular formula is C15H20BrNO. The number of hydrogen-bond donors (Lipinski definition) is 1. The number of carbonyl (C=O) groups is 1. The monoisotopic (exact) mass is 309 g/mol. The van der Waals surface area contributed by atoms with Gasteiger partial charge in [0.15, 0.2) is 0 Å². The third kappa shape index (κ3) is 3.58. The van der Waals surface area contributed by atoms with Gasteiger partial charge in [-0.05, 0) is 62.3 Å². The first-order valence-electron chi connectivity index (χ1n) is 6.62. The fourth-order valence-electron chi connectivity index (χ4n) is 2.58. The summed E-state index contributed by atoms with van der Waals surface area (Å²) in [6.07, 6.45) is 4.41. The first-order chi connectivity index (χ1) is 8.54. The maximum atomic E-state index is 12.2. The molecule has 0 saturated heterocycles. The van der Waals surface area contributed by atoms with E-state index >= 15 is 0 Å². The van der Waals surface area contributed by atoms with E-state index in [1.165, 1.54) is 12.8 Å². The molecule has 0 bridgehead atoms. The molecule has 1 amide bonds. The zero-order chi connectivity index (χ0) is 13.1. The molecule has 0 radical (unpaired) electrons. The number of carbonyl (C=O) groups excluding carboxylic acids is 1. The van der Waals surface area contributed by atoms with Gasteiger partial charge in [0.25, 0.3) is 0 Å². The largest absolute Gasteiger partial charge is 0.326 e. The normalized spacial score (nSPS) is 23.7. The van der Waals surface area contributed by atoms with Crippen LogP contribution in [0.1, 0.15) is 38.2 Å². The standard InChI is InChI=1S/C15H20BrNO/c1-10-3-5-12(6-4-10)15(18)17-14-8-11(2)7-13(16)9-14/h7-10,12H,3-6H2,1-2H3,(H,17,18). The molecule has 1 N–H and O–H groups in total. The molecule has 3 heteroatoms. The summed E-state index contributed by atoms with van der Waals surface area (Å²) in [5.74, 6) is 1.15. The van der Waals surface area contributed by atoms with Crippen molar-refractivity contribution >= 4 is 27.5 Å².